The Hall–Kier alpha value is 0.690. The number of carboxylic acids is 1. The summed E-state index contributed by atoms with van der Waals surface area (Å²) in [6, 6.07) is 0. The van der Waals surface area contributed by atoms with Gasteiger partial charge in [0.15, 0.2) is 3.79 Å². The first-order valence-corrected chi connectivity index (χ1v) is 4.43. The fraction of sp³-hybridized carbons (Fsp3) is 0.800. The zero-order valence-corrected chi connectivity index (χ0v) is 8.59. The van der Waals surface area contributed by atoms with Crippen LogP contribution in [-0.2, 0) is 4.79 Å². The maximum Gasteiger partial charge on any atom is 0.304 e. The minimum absolute atomic E-state index is 0.100. The van der Waals surface area contributed by atoms with Crippen LogP contribution < -0.4 is 0 Å². The van der Waals surface area contributed by atoms with Crippen molar-refractivity contribution in [1.29, 1.82) is 0 Å². The molecule has 0 aliphatic rings. The van der Waals surface area contributed by atoms with Crippen molar-refractivity contribution in [3.63, 3.8) is 0 Å². The van der Waals surface area contributed by atoms with Gasteiger partial charge in [0.05, 0.1) is 6.42 Å². The molecule has 2 nitrogen and oxygen atoms in total. The molecule has 0 fully saturated rings. The van der Waals surface area contributed by atoms with Crippen LogP contribution in [-0.4, -0.2) is 20.1 Å². The lowest BCUT2D eigenvalue weighted by Crippen LogP contribution is -2.15. The average Bonchev–Trinajstić information content (AvgIpc) is 1.53. The summed E-state index contributed by atoms with van der Waals surface area (Å²) in [5, 5.41) is 7.89. The first-order valence-electron chi connectivity index (χ1n) is 2.78. The van der Waals surface area contributed by atoms with Crippen molar-refractivity contribution in [1.82, 2.24) is 0 Å². The first-order chi connectivity index (χ1) is 4.81. The Morgan fingerprint density at radius 2 is 2.00 bits per heavy atom. The molecule has 0 aliphatic carbocycles. The van der Waals surface area contributed by atoms with E-state index in [4.69, 9.17) is 39.9 Å². The summed E-state index contributed by atoms with van der Waals surface area (Å²) in [5.74, 6) is -0.945. The van der Waals surface area contributed by atoms with Gasteiger partial charge in [0, 0.05) is 11.7 Å². The van der Waals surface area contributed by atoms with Crippen LogP contribution in [0, 0.1) is 0 Å². The van der Waals surface area contributed by atoms with Gasteiger partial charge in [-0.3, -0.25) is 4.79 Å². The summed E-state index contributed by atoms with van der Waals surface area (Å²) in [7, 11) is 0. The van der Waals surface area contributed by atoms with E-state index in [1.54, 1.807) is 0 Å². The number of halogens is 3. The molecule has 0 radical (unpaired) electrons. The minimum Gasteiger partial charge on any atom is -0.481 e. The van der Waals surface area contributed by atoms with Crippen molar-refractivity contribution < 1.29 is 9.90 Å². The molecule has 0 saturated carbocycles. The Balaban J connectivity index is 3.69. The molecule has 0 spiro atoms. The number of hydrogen-bond donors (Lipinski definition) is 2. The smallest absolute Gasteiger partial charge is 0.304 e. The predicted molar refractivity (Wildman–Crippen MR) is 49.9 cm³/mol. The Kier molecular flexibility index (Phi) is 4.94. The summed E-state index contributed by atoms with van der Waals surface area (Å²) in [6.07, 6.45) is 0.0318. The molecule has 0 aromatic carbocycles. The average molecular weight is 238 g/mol. The monoisotopic (exact) mass is 236 g/mol. The third-order valence-electron chi connectivity index (χ3n) is 0.877. The zero-order chi connectivity index (χ0) is 9.07. The van der Waals surface area contributed by atoms with Gasteiger partial charge in [-0.2, -0.15) is 12.6 Å². The number of carbonyl (C=O) groups is 1. The quantitative estimate of drug-likeness (QED) is 0.585. The predicted octanol–water partition coefficient (Wildman–Crippen LogP) is 2.52. The number of alkyl halides is 3. The summed E-state index contributed by atoms with van der Waals surface area (Å²) in [6.45, 7) is 0. The Bertz CT molecular complexity index is 145. The fourth-order valence-electron chi connectivity index (χ4n) is 0.541. The lowest BCUT2D eigenvalue weighted by atomic mass is 10.2. The summed E-state index contributed by atoms with van der Waals surface area (Å²) in [5.41, 5.74) is 0. The van der Waals surface area contributed by atoms with Crippen LogP contribution in [0.1, 0.15) is 12.8 Å². The highest BCUT2D eigenvalue weighted by Gasteiger charge is 2.24. The first kappa shape index (κ1) is 11.7. The molecule has 0 aromatic heterocycles. The van der Waals surface area contributed by atoms with Gasteiger partial charge in [-0.1, -0.05) is 34.8 Å². The van der Waals surface area contributed by atoms with E-state index in [0.717, 1.165) is 0 Å². The van der Waals surface area contributed by atoms with E-state index < -0.39 is 15.0 Å². The second-order valence-corrected chi connectivity index (χ2v) is 5.32. The maximum atomic E-state index is 10.1. The molecule has 0 aromatic rings. The van der Waals surface area contributed by atoms with E-state index in [1.807, 2.05) is 0 Å². The van der Waals surface area contributed by atoms with Crippen LogP contribution in [0.5, 0.6) is 0 Å². The van der Waals surface area contributed by atoms with E-state index >= 15 is 0 Å². The van der Waals surface area contributed by atoms with E-state index in [1.165, 1.54) is 0 Å². The normalized spacial score (nSPS) is 14.5. The van der Waals surface area contributed by atoms with E-state index in [9.17, 15) is 4.79 Å². The van der Waals surface area contributed by atoms with Gasteiger partial charge in [-0.25, -0.2) is 0 Å². The molecule has 0 amide bonds. The lowest BCUT2D eigenvalue weighted by molar-refractivity contribution is -0.136. The van der Waals surface area contributed by atoms with E-state index in [-0.39, 0.29) is 12.8 Å². The van der Waals surface area contributed by atoms with Gasteiger partial charge in [-0.15, -0.1) is 0 Å². The van der Waals surface area contributed by atoms with Crippen LogP contribution in [0.15, 0.2) is 0 Å². The summed E-state index contributed by atoms with van der Waals surface area (Å²) >= 11 is 20.1. The van der Waals surface area contributed by atoms with Crippen molar-refractivity contribution >= 4 is 53.4 Å². The highest BCUT2D eigenvalue weighted by Crippen LogP contribution is 2.33. The van der Waals surface area contributed by atoms with Gasteiger partial charge in [0.25, 0.3) is 0 Å². The molecule has 0 bridgehead atoms. The second kappa shape index (κ2) is 4.65. The molecule has 1 N–H and O–H groups in total. The molecule has 0 rings (SSSR count). The number of rotatable bonds is 3. The van der Waals surface area contributed by atoms with Crippen LogP contribution in [0.4, 0.5) is 0 Å². The maximum absolute atomic E-state index is 10.1. The largest absolute Gasteiger partial charge is 0.481 e. The highest BCUT2D eigenvalue weighted by atomic mass is 35.6. The van der Waals surface area contributed by atoms with Crippen LogP contribution in [0.25, 0.3) is 0 Å². The lowest BCUT2D eigenvalue weighted by Gasteiger charge is -2.14. The molecule has 66 valence electrons. The molecule has 11 heavy (non-hydrogen) atoms. The van der Waals surface area contributed by atoms with Crippen molar-refractivity contribution in [2.24, 2.45) is 0 Å². The number of carboxylic acid groups (broad SMARTS) is 1. The Morgan fingerprint density at radius 3 is 2.27 bits per heavy atom. The van der Waals surface area contributed by atoms with Gasteiger partial charge in [0.2, 0.25) is 0 Å². The second-order valence-electron chi connectivity index (χ2n) is 2.07. The standard InChI is InChI=1S/C5H7Cl3O2S/c6-5(7,8)2-3(11)1-4(9)10/h3,11H,1-2H2,(H,9,10). The van der Waals surface area contributed by atoms with Gasteiger partial charge < -0.3 is 5.11 Å². The van der Waals surface area contributed by atoms with Crippen molar-refractivity contribution in [3.8, 4) is 0 Å². The SMILES string of the molecule is O=C(O)CC(S)CC(Cl)(Cl)Cl. The van der Waals surface area contributed by atoms with Crippen molar-refractivity contribution in [2.75, 3.05) is 0 Å². The number of hydrogen-bond acceptors (Lipinski definition) is 2. The number of aliphatic carboxylic acids is 1. The third kappa shape index (κ3) is 8.60. The van der Waals surface area contributed by atoms with E-state index in [0.29, 0.717) is 0 Å². The molecular weight excluding hydrogens is 230 g/mol. The highest BCUT2D eigenvalue weighted by molar-refractivity contribution is 7.81. The van der Waals surface area contributed by atoms with Crippen LogP contribution >= 0.6 is 47.4 Å². The molecule has 1 atom stereocenters. The Morgan fingerprint density at radius 1 is 1.55 bits per heavy atom. The fourth-order valence-corrected chi connectivity index (χ4v) is 1.85. The molecular formula is C5H7Cl3O2S. The molecule has 1 unspecified atom stereocenters. The van der Waals surface area contributed by atoms with Gasteiger partial charge in [-0.05, 0) is 0 Å². The topological polar surface area (TPSA) is 37.3 Å². The van der Waals surface area contributed by atoms with E-state index in [2.05, 4.69) is 12.6 Å². The number of thiol groups is 1. The van der Waals surface area contributed by atoms with Crippen molar-refractivity contribution in [2.45, 2.75) is 21.9 Å². The minimum atomic E-state index is -1.41. The molecule has 6 heteroatoms. The van der Waals surface area contributed by atoms with Gasteiger partial charge in [0.1, 0.15) is 0 Å². The molecule has 0 aliphatic heterocycles. The Labute approximate surface area is 85.2 Å². The van der Waals surface area contributed by atoms with Crippen LogP contribution in [0.3, 0.4) is 0 Å². The van der Waals surface area contributed by atoms with Crippen molar-refractivity contribution in [3.05, 3.63) is 0 Å². The molecule has 0 heterocycles. The zero-order valence-electron chi connectivity index (χ0n) is 5.43. The third-order valence-corrected chi connectivity index (χ3v) is 1.71. The van der Waals surface area contributed by atoms with Gasteiger partial charge >= 0.3 is 5.97 Å². The molecule has 0 saturated heterocycles. The summed E-state index contributed by atoms with van der Waals surface area (Å²) in [4.78, 5) is 10.1. The summed E-state index contributed by atoms with van der Waals surface area (Å²) < 4.78 is -1.41. The van der Waals surface area contributed by atoms with Crippen LogP contribution in [0.2, 0.25) is 0 Å².